The zero-order valence-electron chi connectivity index (χ0n) is 11.0. The van der Waals surface area contributed by atoms with Crippen LogP contribution in [0.4, 0.5) is 0 Å². The Hall–Kier alpha value is -1.17. The van der Waals surface area contributed by atoms with Crippen molar-refractivity contribution in [2.75, 3.05) is 0 Å². The first-order chi connectivity index (χ1) is 9.24. The minimum atomic E-state index is 0.0653. The number of nitrogens with two attached hydrogens (primary N) is 1. The molecule has 0 aliphatic rings. The number of benzene rings is 1. The Balaban J connectivity index is 2.17. The molecule has 0 saturated carbocycles. The van der Waals surface area contributed by atoms with E-state index in [-0.39, 0.29) is 6.04 Å². The highest BCUT2D eigenvalue weighted by molar-refractivity contribution is 9.10. The quantitative estimate of drug-likeness (QED) is 0.635. The lowest BCUT2D eigenvalue weighted by atomic mass is 10.0. The Morgan fingerprint density at radius 1 is 1.47 bits per heavy atom. The maximum atomic E-state index is 5.69. The molecule has 2 rings (SSSR count). The van der Waals surface area contributed by atoms with Gasteiger partial charge in [-0.2, -0.15) is 0 Å². The molecule has 102 valence electrons. The number of hydrogen-bond donors (Lipinski definition) is 2. The largest absolute Gasteiger partial charge is 0.335 e. The van der Waals surface area contributed by atoms with Crippen LogP contribution in [-0.2, 0) is 13.0 Å². The van der Waals surface area contributed by atoms with Crippen molar-refractivity contribution in [3.63, 3.8) is 0 Å². The molecule has 5 heteroatoms. The molecular formula is C14H19BrN4. The van der Waals surface area contributed by atoms with Crippen LogP contribution in [0, 0.1) is 0 Å². The number of nitrogens with zero attached hydrogens (tertiary/aromatic N) is 2. The second kappa shape index (κ2) is 6.84. The van der Waals surface area contributed by atoms with Crippen LogP contribution < -0.4 is 11.3 Å². The van der Waals surface area contributed by atoms with E-state index in [0.717, 1.165) is 35.2 Å². The highest BCUT2D eigenvalue weighted by atomic mass is 79.9. The highest BCUT2D eigenvalue weighted by Crippen LogP contribution is 2.20. The van der Waals surface area contributed by atoms with Crippen molar-refractivity contribution < 1.29 is 0 Å². The Kier molecular flexibility index (Phi) is 5.13. The van der Waals surface area contributed by atoms with E-state index in [1.807, 2.05) is 24.5 Å². The first kappa shape index (κ1) is 14.2. The average molecular weight is 323 g/mol. The lowest BCUT2D eigenvalue weighted by Crippen LogP contribution is -2.30. The van der Waals surface area contributed by atoms with Crippen molar-refractivity contribution >= 4 is 15.9 Å². The molecule has 0 aliphatic carbocycles. The summed E-state index contributed by atoms with van der Waals surface area (Å²) in [5, 5.41) is 0. The van der Waals surface area contributed by atoms with Gasteiger partial charge >= 0.3 is 0 Å². The summed E-state index contributed by atoms with van der Waals surface area (Å²) < 4.78 is 3.24. The third-order valence-corrected chi connectivity index (χ3v) is 3.60. The molecule has 1 atom stereocenters. The summed E-state index contributed by atoms with van der Waals surface area (Å²) in [5.41, 5.74) is 4.03. The van der Waals surface area contributed by atoms with Crippen LogP contribution in [-0.4, -0.2) is 9.55 Å². The summed E-state index contributed by atoms with van der Waals surface area (Å²) >= 11 is 3.49. The Morgan fingerprint density at radius 3 is 3.00 bits per heavy atom. The minimum Gasteiger partial charge on any atom is -0.335 e. The van der Waals surface area contributed by atoms with Gasteiger partial charge in [0.1, 0.15) is 5.82 Å². The van der Waals surface area contributed by atoms with Crippen molar-refractivity contribution in [3.05, 3.63) is 52.5 Å². The maximum Gasteiger partial charge on any atom is 0.110 e. The molecule has 0 saturated heterocycles. The number of rotatable bonds is 6. The lowest BCUT2D eigenvalue weighted by molar-refractivity contribution is 0.517. The van der Waals surface area contributed by atoms with Gasteiger partial charge in [0.05, 0.1) is 6.04 Å². The van der Waals surface area contributed by atoms with Crippen molar-refractivity contribution in [2.45, 2.75) is 32.4 Å². The van der Waals surface area contributed by atoms with Crippen molar-refractivity contribution in [1.29, 1.82) is 0 Å². The number of halogens is 1. The summed E-state index contributed by atoms with van der Waals surface area (Å²) in [5.74, 6) is 6.75. The van der Waals surface area contributed by atoms with E-state index in [2.05, 4.69) is 50.0 Å². The van der Waals surface area contributed by atoms with Crippen molar-refractivity contribution in [1.82, 2.24) is 15.0 Å². The normalized spacial score (nSPS) is 12.6. The molecule has 3 N–H and O–H groups in total. The third-order valence-electron chi connectivity index (χ3n) is 3.11. The Morgan fingerprint density at radius 2 is 2.32 bits per heavy atom. The average Bonchev–Trinajstić information content (AvgIpc) is 2.84. The lowest BCUT2D eigenvalue weighted by Gasteiger charge is -2.17. The highest BCUT2D eigenvalue weighted by Gasteiger charge is 2.14. The molecule has 2 aromatic rings. The molecule has 0 spiro atoms. The van der Waals surface area contributed by atoms with Crippen LogP contribution in [0.25, 0.3) is 0 Å². The second-order valence-electron chi connectivity index (χ2n) is 4.52. The monoisotopic (exact) mass is 322 g/mol. The van der Waals surface area contributed by atoms with E-state index in [0.29, 0.717) is 0 Å². The van der Waals surface area contributed by atoms with Gasteiger partial charge in [-0.15, -0.1) is 0 Å². The Labute approximate surface area is 122 Å². The summed E-state index contributed by atoms with van der Waals surface area (Å²) in [6.45, 7) is 3.15. The van der Waals surface area contributed by atoms with Gasteiger partial charge in [0, 0.05) is 29.8 Å². The molecule has 0 radical (unpaired) electrons. The summed E-state index contributed by atoms with van der Waals surface area (Å²) in [6, 6.07) is 8.24. The van der Waals surface area contributed by atoms with Gasteiger partial charge < -0.3 is 4.57 Å². The molecule has 1 heterocycles. The van der Waals surface area contributed by atoms with Gasteiger partial charge in [-0.25, -0.2) is 4.98 Å². The van der Waals surface area contributed by atoms with Crippen LogP contribution in [0.15, 0.2) is 41.1 Å². The zero-order chi connectivity index (χ0) is 13.7. The number of hydrazine groups is 1. The molecular weight excluding hydrogens is 304 g/mol. The summed E-state index contributed by atoms with van der Waals surface area (Å²) in [4.78, 5) is 4.43. The smallest absolute Gasteiger partial charge is 0.110 e. The molecule has 1 unspecified atom stereocenters. The van der Waals surface area contributed by atoms with E-state index < -0.39 is 0 Å². The Bertz CT molecular complexity index is 524. The van der Waals surface area contributed by atoms with Crippen LogP contribution >= 0.6 is 15.9 Å². The molecule has 0 fully saturated rings. The third kappa shape index (κ3) is 3.65. The van der Waals surface area contributed by atoms with Gasteiger partial charge in [0.15, 0.2) is 0 Å². The molecule has 0 amide bonds. The number of hydrogen-bond acceptors (Lipinski definition) is 3. The van der Waals surface area contributed by atoms with Crippen LogP contribution in [0.1, 0.15) is 30.8 Å². The fourth-order valence-electron chi connectivity index (χ4n) is 2.15. The van der Waals surface area contributed by atoms with E-state index in [4.69, 9.17) is 5.84 Å². The molecule has 1 aromatic carbocycles. The standard InChI is InChI=1S/C14H19BrN4/c1-2-7-19-8-6-17-14(19)10-13(18-16)11-4-3-5-12(15)9-11/h3-6,8-9,13,18H,2,7,10,16H2,1H3. The van der Waals surface area contributed by atoms with E-state index >= 15 is 0 Å². The predicted molar refractivity (Wildman–Crippen MR) is 80.4 cm³/mol. The molecule has 4 nitrogen and oxygen atoms in total. The van der Waals surface area contributed by atoms with E-state index in [1.165, 1.54) is 0 Å². The minimum absolute atomic E-state index is 0.0653. The first-order valence-corrected chi connectivity index (χ1v) is 7.25. The summed E-state index contributed by atoms with van der Waals surface area (Å²) in [7, 11) is 0. The molecule has 0 bridgehead atoms. The molecule has 1 aromatic heterocycles. The van der Waals surface area contributed by atoms with Crippen molar-refractivity contribution in [3.8, 4) is 0 Å². The topological polar surface area (TPSA) is 55.9 Å². The second-order valence-corrected chi connectivity index (χ2v) is 5.43. The SMILES string of the molecule is CCCn1ccnc1CC(NN)c1cccc(Br)c1. The molecule has 0 aliphatic heterocycles. The first-order valence-electron chi connectivity index (χ1n) is 6.46. The van der Waals surface area contributed by atoms with Gasteiger partial charge in [0.2, 0.25) is 0 Å². The fourth-order valence-corrected chi connectivity index (χ4v) is 2.57. The van der Waals surface area contributed by atoms with E-state index in [1.54, 1.807) is 0 Å². The van der Waals surface area contributed by atoms with E-state index in [9.17, 15) is 0 Å². The van der Waals surface area contributed by atoms with Crippen LogP contribution in [0.5, 0.6) is 0 Å². The van der Waals surface area contributed by atoms with Crippen LogP contribution in [0.3, 0.4) is 0 Å². The van der Waals surface area contributed by atoms with Gasteiger partial charge in [-0.3, -0.25) is 11.3 Å². The number of imidazole rings is 1. The number of aryl methyl sites for hydroxylation is 1. The number of aromatic nitrogens is 2. The fraction of sp³-hybridized carbons (Fsp3) is 0.357. The maximum absolute atomic E-state index is 5.69. The van der Waals surface area contributed by atoms with Gasteiger partial charge in [0.25, 0.3) is 0 Å². The van der Waals surface area contributed by atoms with Crippen LogP contribution in [0.2, 0.25) is 0 Å². The zero-order valence-corrected chi connectivity index (χ0v) is 12.6. The molecule has 19 heavy (non-hydrogen) atoms. The summed E-state index contributed by atoms with van der Waals surface area (Å²) in [6.07, 6.45) is 5.74. The van der Waals surface area contributed by atoms with Gasteiger partial charge in [-0.1, -0.05) is 35.0 Å². The van der Waals surface area contributed by atoms with Crippen molar-refractivity contribution in [2.24, 2.45) is 5.84 Å². The predicted octanol–water partition coefficient (Wildman–Crippen LogP) is 2.80. The number of nitrogens with one attached hydrogen (secondary N) is 1. The van der Waals surface area contributed by atoms with Gasteiger partial charge in [-0.05, 0) is 24.1 Å².